The number of carbonyl (C=O) groups is 1. The molecule has 4 rings (SSSR count). The van der Waals surface area contributed by atoms with Crippen LogP contribution in [0.4, 0.5) is 5.69 Å². The van der Waals surface area contributed by atoms with E-state index in [1.54, 1.807) is 13.8 Å². The summed E-state index contributed by atoms with van der Waals surface area (Å²) in [5, 5.41) is 13.5. The van der Waals surface area contributed by atoms with E-state index in [1.807, 2.05) is 43.5 Å². The van der Waals surface area contributed by atoms with Crippen molar-refractivity contribution in [1.29, 1.82) is 0 Å². The Labute approximate surface area is 194 Å². The van der Waals surface area contributed by atoms with Crippen molar-refractivity contribution in [1.82, 2.24) is 14.7 Å². The van der Waals surface area contributed by atoms with Crippen LogP contribution in [0.15, 0.2) is 42.6 Å². The zero-order valence-electron chi connectivity index (χ0n) is 18.9. The predicted octanol–water partition coefficient (Wildman–Crippen LogP) is 4.46. The Morgan fingerprint density at radius 2 is 2.12 bits per heavy atom. The summed E-state index contributed by atoms with van der Waals surface area (Å²) in [4.78, 5) is 19.8. The molecule has 1 aromatic carbocycles. The molecule has 1 atom stereocenters. The Hall–Kier alpha value is -2.57. The highest BCUT2D eigenvalue weighted by Crippen LogP contribution is 2.35. The van der Waals surface area contributed by atoms with Crippen molar-refractivity contribution in [2.24, 2.45) is 5.92 Å². The van der Waals surface area contributed by atoms with Crippen LogP contribution in [0.2, 0.25) is 5.02 Å². The summed E-state index contributed by atoms with van der Waals surface area (Å²) >= 11 is 6.59. The maximum atomic E-state index is 12.7. The molecule has 32 heavy (non-hydrogen) atoms. The smallest absolute Gasteiger partial charge is 0.224 e. The first kappa shape index (κ1) is 22.6. The molecule has 1 saturated heterocycles. The minimum atomic E-state index is -0.776. The van der Waals surface area contributed by atoms with Crippen LogP contribution < -0.4 is 10.2 Å². The number of carbonyl (C=O) groups excluding carboxylic acids is 1. The van der Waals surface area contributed by atoms with Crippen LogP contribution in [0.5, 0.6) is 0 Å². The summed E-state index contributed by atoms with van der Waals surface area (Å²) < 4.78 is 2.06. The van der Waals surface area contributed by atoms with Gasteiger partial charge in [-0.05, 0) is 70.4 Å². The van der Waals surface area contributed by atoms with Crippen molar-refractivity contribution in [2.75, 3.05) is 24.5 Å². The maximum Gasteiger partial charge on any atom is 0.224 e. The van der Waals surface area contributed by atoms with Gasteiger partial charge >= 0.3 is 0 Å². The molecule has 6 nitrogen and oxygen atoms in total. The highest BCUT2D eigenvalue weighted by Gasteiger charge is 2.27. The number of nitrogens with one attached hydrogen (secondary N) is 1. The lowest BCUT2D eigenvalue weighted by Gasteiger charge is -2.34. The number of benzene rings is 1. The summed E-state index contributed by atoms with van der Waals surface area (Å²) in [5.41, 5.74) is 3.99. The predicted molar refractivity (Wildman–Crippen MR) is 129 cm³/mol. The standard InChI is InChI=1S/C25H31ClN4O2/c1-17-23(28-22-8-4-5-14-30(17)22)20-15-19(9-10-21(20)26)29-13-6-7-18(16-29)24(31)27-12-11-25(2,3)32/h4-5,8-10,14-15,18,32H,6-7,11-13,16H2,1-3H3,(H,27,31). The summed E-state index contributed by atoms with van der Waals surface area (Å²) in [5.74, 6) is -0.00838. The van der Waals surface area contributed by atoms with E-state index in [0.29, 0.717) is 24.5 Å². The van der Waals surface area contributed by atoms with Crippen molar-refractivity contribution in [3.8, 4) is 11.3 Å². The van der Waals surface area contributed by atoms with Gasteiger partial charge in [0.2, 0.25) is 5.91 Å². The van der Waals surface area contributed by atoms with Crippen LogP contribution in [-0.2, 0) is 4.79 Å². The van der Waals surface area contributed by atoms with E-state index in [2.05, 4.69) is 20.7 Å². The van der Waals surface area contributed by atoms with Crippen LogP contribution in [-0.4, -0.2) is 45.6 Å². The molecule has 2 N–H and O–H groups in total. The van der Waals surface area contributed by atoms with E-state index < -0.39 is 5.60 Å². The van der Waals surface area contributed by atoms with Gasteiger partial charge in [-0.1, -0.05) is 17.7 Å². The number of amides is 1. The van der Waals surface area contributed by atoms with Crippen LogP contribution in [0, 0.1) is 12.8 Å². The molecule has 0 bridgehead atoms. The second-order valence-electron chi connectivity index (χ2n) is 9.28. The SMILES string of the molecule is Cc1c(-c2cc(N3CCCC(C(=O)NCCC(C)(C)O)C3)ccc2Cl)nc2ccccn12. The first-order valence-electron chi connectivity index (χ1n) is 11.2. The fourth-order valence-corrected chi connectivity index (χ4v) is 4.53. The fourth-order valence-electron chi connectivity index (χ4n) is 4.33. The number of hydrogen-bond donors (Lipinski definition) is 2. The Morgan fingerprint density at radius 1 is 1.31 bits per heavy atom. The number of aryl methyl sites for hydroxylation is 1. The largest absolute Gasteiger partial charge is 0.390 e. The van der Waals surface area contributed by atoms with Gasteiger partial charge in [0.25, 0.3) is 0 Å². The Bertz CT molecular complexity index is 1120. The number of pyridine rings is 1. The molecule has 1 fully saturated rings. The molecule has 0 aliphatic carbocycles. The molecule has 0 spiro atoms. The highest BCUT2D eigenvalue weighted by molar-refractivity contribution is 6.33. The number of aromatic nitrogens is 2. The highest BCUT2D eigenvalue weighted by atomic mass is 35.5. The Balaban J connectivity index is 1.52. The normalized spacial score (nSPS) is 17.0. The van der Waals surface area contributed by atoms with Gasteiger partial charge in [-0.2, -0.15) is 0 Å². The molecule has 1 aliphatic rings. The molecular formula is C25H31ClN4O2. The number of aliphatic hydroxyl groups is 1. The minimum absolute atomic E-state index is 0.0596. The van der Waals surface area contributed by atoms with Crippen molar-refractivity contribution < 1.29 is 9.90 Å². The van der Waals surface area contributed by atoms with Gasteiger partial charge in [-0.25, -0.2) is 4.98 Å². The lowest BCUT2D eigenvalue weighted by molar-refractivity contribution is -0.125. The third-order valence-corrected chi connectivity index (χ3v) is 6.50. The van der Waals surface area contributed by atoms with Gasteiger partial charge in [0.15, 0.2) is 0 Å². The number of hydrogen-bond acceptors (Lipinski definition) is 4. The molecule has 1 aliphatic heterocycles. The molecule has 3 aromatic rings. The van der Waals surface area contributed by atoms with Crippen LogP contribution >= 0.6 is 11.6 Å². The quantitative estimate of drug-likeness (QED) is 0.577. The number of rotatable bonds is 6. The molecule has 0 radical (unpaired) electrons. The van der Waals surface area contributed by atoms with E-state index in [1.165, 1.54) is 0 Å². The van der Waals surface area contributed by atoms with Gasteiger partial charge in [-0.3, -0.25) is 4.79 Å². The van der Waals surface area contributed by atoms with Crippen LogP contribution in [0.3, 0.4) is 0 Å². The molecule has 2 aromatic heterocycles. The average Bonchev–Trinajstić information content (AvgIpc) is 3.10. The second-order valence-corrected chi connectivity index (χ2v) is 9.68. The van der Waals surface area contributed by atoms with Gasteiger partial charge in [0.05, 0.1) is 22.2 Å². The summed E-state index contributed by atoms with van der Waals surface area (Å²) in [6.45, 7) is 7.61. The second kappa shape index (κ2) is 9.12. The number of imidazole rings is 1. The number of nitrogens with zero attached hydrogens (tertiary/aromatic N) is 3. The fraction of sp³-hybridized carbons (Fsp3) is 0.440. The zero-order valence-corrected chi connectivity index (χ0v) is 19.7. The van der Waals surface area contributed by atoms with E-state index in [0.717, 1.165) is 47.7 Å². The summed E-state index contributed by atoms with van der Waals surface area (Å²) in [6.07, 6.45) is 4.37. The molecule has 170 valence electrons. The third kappa shape index (κ3) is 4.92. The first-order chi connectivity index (χ1) is 15.2. The van der Waals surface area contributed by atoms with Crippen LogP contribution in [0.1, 0.15) is 38.8 Å². The van der Waals surface area contributed by atoms with Gasteiger partial charge in [0.1, 0.15) is 5.65 Å². The van der Waals surface area contributed by atoms with Crippen molar-refractivity contribution in [3.05, 3.63) is 53.3 Å². The number of fused-ring (bicyclic) bond motifs is 1. The van der Waals surface area contributed by atoms with E-state index in [9.17, 15) is 9.90 Å². The molecular weight excluding hydrogens is 424 g/mol. The zero-order chi connectivity index (χ0) is 22.9. The maximum absolute atomic E-state index is 12.7. The van der Waals surface area contributed by atoms with E-state index >= 15 is 0 Å². The minimum Gasteiger partial charge on any atom is -0.390 e. The number of anilines is 1. The monoisotopic (exact) mass is 454 g/mol. The van der Waals surface area contributed by atoms with Crippen molar-refractivity contribution in [2.45, 2.75) is 45.6 Å². The van der Waals surface area contributed by atoms with Crippen molar-refractivity contribution in [3.63, 3.8) is 0 Å². The van der Waals surface area contributed by atoms with Gasteiger partial charge in [-0.15, -0.1) is 0 Å². The molecule has 3 heterocycles. The van der Waals surface area contributed by atoms with Gasteiger partial charge < -0.3 is 19.7 Å². The van der Waals surface area contributed by atoms with E-state index in [-0.39, 0.29) is 11.8 Å². The molecule has 0 saturated carbocycles. The first-order valence-corrected chi connectivity index (χ1v) is 11.6. The van der Waals surface area contributed by atoms with Crippen molar-refractivity contribution >= 4 is 28.8 Å². The molecule has 7 heteroatoms. The Kier molecular flexibility index (Phi) is 6.45. The average molecular weight is 455 g/mol. The number of piperidine rings is 1. The lowest BCUT2D eigenvalue weighted by Crippen LogP contribution is -2.44. The lowest BCUT2D eigenvalue weighted by atomic mass is 9.96. The van der Waals surface area contributed by atoms with Gasteiger partial charge in [0, 0.05) is 42.8 Å². The molecule has 1 amide bonds. The van der Waals surface area contributed by atoms with Crippen LogP contribution in [0.25, 0.3) is 16.9 Å². The topological polar surface area (TPSA) is 69.9 Å². The molecule has 1 unspecified atom stereocenters. The van der Waals surface area contributed by atoms with E-state index in [4.69, 9.17) is 16.6 Å². The summed E-state index contributed by atoms with van der Waals surface area (Å²) in [7, 11) is 0. The summed E-state index contributed by atoms with van der Waals surface area (Å²) in [6, 6.07) is 12.0. The third-order valence-electron chi connectivity index (χ3n) is 6.17. The number of halogens is 1. The Morgan fingerprint density at radius 3 is 2.88 bits per heavy atom.